The molecule has 0 unspecified atom stereocenters. The van der Waals surface area contributed by atoms with Gasteiger partial charge in [0.1, 0.15) is 0 Å². The molecule has 1 aromatic heterocycles. The molecule has 1 N–H and O–H groups in total. The molecule has 0 fully saturated rings. The fourth-order valence-corrected chi connectivity index (χ4v) is 2.49. The lowest BCUT2D eigenvalue weighted by molar-refractivity contribution is 0.670. The predicted octanol–water partition coefficient (Wildman–Crippen LogP) is 2.84. The minimum atomic E-state index is 1.04. The fraction of sp³-hybridized carbons (Fsp3) is 0.417. The number of nitrogens with zero attached hydrogens (tertiary/aromatic N) is 1. The van der Waals surface area contributed by atoms with Gasteiger partial charge in [-0.3, -0.25) is 0 Å². The monoisotopic (exact) mass is 220 g/mol. The largest absolute Gasteiger partial charge is 0.316 e. The van der Waals surface area contributed by atoms with Gasteiger partial charge in [0.2, 0.25) is 0 Å². The molecule has 80 valence electrons. The Labute approximate surface area is 94.3 Å². The van der Waals surface area contributed by atoms with E-state index < -0.39 is 0 Å². The molecule has 2 aromatic rings. The zero-order valence-corrected chi connectivity index (χ0v) is 9.81. The standard InChI is InChI=1S/C12H16N2S/c1-2-8-13-9-7-12-14-10-5-3-4-6-11(10)15-12/h3-6,13H,2,7-9H2,1H3. The van der Waals surface area contributed by atoms with Gasteiger partial charge in [0.25, 0.3) is 0 Å². The Balaban J connectivity index is 1.97. The summed E-state index contributed by atoms with van der Waals surface area (Å²) in [5.74, 6) is 0. The first-order valence-corrected chi connectivity index (χ1v) is 6.27. The molecule has 15 heavy (non-hydrogen) atoms. The number of hydrogen-bond acceptors (Lipinski definition) is 3. The Morgan fingerprint density at radius 1 is 1.27 bits per heavy atom. The van der Waals surface area contributed by atoms with E-state index >= 15 is 0 Å². The van der Waals surface area contributed by atoms with Gasteiger partial charge in [0.05, 0.1) is 15.2 Å². The van der Waals surface area contributed by atoms with Gasteiger partial charge in [-0.2, -0.15) is 0 Å². The average molecular weight is 220 g/mol. The second kappa shape index (κ2) is 5.24. The van der Waals surface area contributed by atoms with Gasteiger partial charge in [-0.15, -0.1) is 11.3 Å². The number of thiazole rings is 1. The van der Waals surface area contributed by atoms with Crippen molar-refractivity contribution in [2.24, 2.45) is 0 Å². The first kappa shape index (κ1) is 10.6. The van der Waals surface area contributed by atoms with E-state index in [0.717, 1.165) is 25.0 Å². The van der Waals surface area contributed by atoms with Gasteiger partial charge in [0, 0.05) is 13.0 Å². The van der Waals surface area contributed by atoms with Crippen LogP contribution in [0.25, 0.3) is 10.2 Å². The van der Waals surface area contributed by atoms with E-state index in [-0.39, 0.29) is 0 Å². The molecule has 0 saturated heterocycles. The summed E-state index contributed by atoms with van der Waals surface area (Å²) in [7, 11) is 0. The SMILES string of the molecule is CCCNCCc1nc2ccccc2s1. The highest BCUT2D eigenvalue weighted by atomic mass is 32.1. The lowest BCUT2D eigenvalue weighted by Crippen LogP contribution is -2.17. The van der Waals surface area contributed by atoms with Gasteiger partial charge in [-0.05, 0) is 25.1 Å². The van der Waals surface area contributed by atoms with Crippen molar-refractivity contribution >= 4 is 21.6 Å². The third kappa shape index (κ3) is 2.76. The molecule has 3 heteroatoms. The van der Waals surface area contributed by atoms with Crippen LogP contribution in [0.5, 0.6) is 0 Å². The molecule has 0 atom stereocenters. The van der Waals surface area contributed by atoms with Crippen LogP contribution >= 0.6 is 11.3 Å². The summed E-state index contributed by atoms with van der Waals surface area (Å²) >= 11 is 1.80. The average Bonchev–Trinajstić information content (AvgIpc) is 2.67. The van der Waals surface area contributed by atoms with Crippen LogP contribution in [-0.2, 0) is 6.42 Å². The lowest BCUT2D eigenvalue weighted by atomic mass is 10.3. The van der Waals surface area contributed by atoms with Crippen molar-refractivity contribution in [1.82, 2.24) is 10.3 Å². The predicted molar refractivity (Wildman–Crippen MR) is 66.5 cm³/mol. The molecule has 0 amide bonds. The van der Waals surface area contributed by atoms with Crippen molar-refractivity contribution in [1.29, 1.82) is 0 Å². The molecule has 0 aliphatic heterocycles. The first-order chi connectivity index (χ1) is 7.40. The maximum atomic E-state index is 4.59. The molecule has 0 bridgehead atoms. The lowest BCUT2D eigenvalue weighted by Gasteiger charge is -1.98. The summed E-state index contributed by atoms with van der Waals surface area (Å²) < 4.78 is 1.29. The smallest absolute Gasteiger partial charge is 0.0951 e. The maximum absolute atomic E-state index is 4.59. The van der Waals surface area contributed by atoms with Gasteiger partial charge in [-0.25, -0.2) is 4.98 Å². The summed E-state index contributed by atoms with van der Waals surface area (Å²) in [6.45, 7) is 4.32. The topological polar surface area (TPSA) is 24.9 Å². The van der Waals surface area contributed by atoms with Crippen LogP contribution in [0.15, 0.2) is 24.3 Å². The minimum Gasteiger partial charge on any atom is -0.316 e. The quantitative estimate of drug-likeness (QED) is 0.784. The normalized spacial score (nSPS) is 11.0. The van der Waals surface area contributed by atoms with Crippen LogP contribution in [0.3, 0.4) is 0 Å². The van der Waals surface area contributed by atoms with E-state index in [4.69, 9.17) is 0 Å². The van der Waals surface area contributed by atoms with E-state index in [1.807, 2.05) is 6.07 Å². The zero-order chi connectivity index (χ0) is 10.5. The third-order valence-corrected chi connectivity index (χ3v) is 3.38. The number of para-hydroxylation sites is 1. The van der Waals surface area contributed by atoms with E-state index in [1.165, 1.54) is 16.1 Å². The second-order valence-electron chi connectivity index (χ2n) is 3.58. The number of benzene rings is 1. The van der Waals surface area contributed by atoms with Crippen LogP contribution in [0.1, 0.15) is 18.4 Å². The first-order valence-electron chi connectivity index (χ1n) is 5.45. The Kier molecular flexibility index (Phi) is 3.69. The molecule has 1 aromatic carbocycles. The summed E-state index contributed by atoms with van der Waals surface area (Å²) in [6, 6.07) is 8.32. The van der Waals surface area contributed by atoms with E-state index in [1.54, 1.807) is 11.3 Å². The summed E-state index contributed by atoms with van der Waals surface area (Å²) in [5.41, 5.74) is 1.13. The van der Waals surface area contributed by atoms with Crippen LogP contribution < -0.4 is 5.32 Å². The van der Waals surface area contributed by atoms with Crippen molar-refractivity contribution in [3.05, 3.63) is 29.3 Å². The maximum Gasteiger partial charge on any atom is 0.0951 e. The van der Waals surface area contributed by atoms with E-state index in [0.29, 0.717) is 0 Å². The van der Waals surface area contributed by atoms with Crippen LogP contribution in [0.2, 0.25) is 0 Å². The highest BCUT2D eigenvalue weighted by Crippen LogP contribution is 2.21. The second-order valence-corrected chi connectivity index (χ2v) is 4.69. The molecular formula is C12H16N2S. The molecule has 0 spiro atoms. The van der Waals surface area contributed by atoms with Gasteiger partial charge in [-0.1, -0.05) is 19.1 Å². The molecular weight excluding hydrogens is 204 g/mol. The molecule has 2 nitrogen and oxygen atoms in total. The zero-order valence-electron chi connectivity index (χ0n) is 8.99. The van der Waals surface area contributed by atoms with Gasteiger partial charge in [0.15, 0.2) is 0 Å². The Bertz CT molecular complexity index is 389. The van der Waals surface area contributed by atoms with Crippen molar-refractivity contribution in [3.63, 3.8) is 0 Å². The Morgan fingerprint density at radius 2 is 2.13 bits per heavy atom. The third-order valence-electron chi connectivity index (χ3n) is 2.28. The van der Waals surface area contributed by atoms with Gasteiger partial charge >= 0.3 is 0 Å². The van der Waals surface area contributed by atoms with Crippen molar-refractivity contribution < 1.29 is 0 Å². The number of nitrogens with one attached hydrogen (secondary N) is 1. The highest BCUT2D eigenvalue weighted by Gasteiger charge is 2.01. The minimum absolute atomic E-state index is 1.04. The van der Waals surface area contributed by atoms with Crippen molar-refractivity contribution in [2.75, 3.05) is 13.1 Å². The van der Waals surface area contributed by atoms with Crippen molar-refractivity contribution in [3.8, 4) is 0 Å². The van der Waals surface area contributed by atoms with Crippen LogP contribution in [-0.4, -0.2) is 18.1 Å². The number of fused-ring (bicyclic) bond motifs is 1. The van der Waals surface area contributed by atoms with E-state index in [2.05, 4.69) is 35.4 Å². The van der Waals surface area contributed by atoms with E-state index in [9.17, 15) is 0 Å². The van der Waals surface area contributed by atoms with Crippen LogP contribution in [0, 0.1) is 0 Å². The van der Waals surface area contributed by atoms with Gasteiger partial charge < -0.3 is 5.32 Å². The molecule has 0 aliphatic rings. The molecule has 0 aliphatic carbocycles. The molecule has 0 radical (unpaired) electrons. The number of rotatable bonds is 5. The Morgan fingerprint density at radius 3 is 2.93 bits per heavy atom. The number of hydrogen-bond donors (Lipinski definition) is 1. The van der Waals surface area contributed by atoms with Crippen LogP contribution in [0.4, 0.5) is 0 Å². The summed E-state index contributed by atoms with van der Waals surface area (Å²) in [4.78, 5) is 4.59. The summed E-state index contributed by atoms with van der Waals surface area (Å²) in [6.07, 6.45) is 2.24. The highest BCUT2D eigenvalue weighted by molar-refractivity contribution is 7.18. The van der Waals surface area contributed by atoms with Crippen molar-refractivity contribution in [2.45, 2.75) is 19.8 Å². The summed E-state index contributed by atoms with van der Waals surface area (Å²) in [5, 5.41) is 4.63. The molecule has 0 saturated carbocycles. The number of aromatic nitrogens is 1. The Hall–Kier alpha value is -0.930. The fourth-order valence-electron chi connectivity index (χ4n) is 1.52. The molecule has 2 rings (SSSR count). The molecule has 1 heterocycles.